The standard InChI is InChI=1S/C8H13F3N2O3S/c1-5(4-6(14)15)13-7(16)12-2-3-17-8(9,10)11/h5H,2-4H2,1H3,(H,14,15)(H2,12,13,16). The van der Waals surface area contributed by atoms with Gasteiger partial charge < -0.3 is 15.7 Å². The number of alkyl halides is 3. The van der Waals surface area contributed by atoms with Crippen molar-refractivity contribution < 1.29 is 27.9 Å². The van der Waals surface area contributed by atoms with E-state index in [1.807, 2.05) is 0 Å². The van der Waals surface area contributed by atoms with E-state index < -0.39 is 23.6 Å². The molecule has 17 heavy (non-hydrogen) atoms. The lowest BCUT2D eigenvalue weighted by Crippen LogP contribution is -2.42. The van der Waals surface area contributed by atoms with Crippen LogP contribution in [0.4, 0.5) is 18.0 Å². The molecule has 0 aromatic rings. The van der Waals surface area contributed by atoms with Crippen molar-refractivity contribution in [2.45, 2.75) is 24.9 Å². The Morgan fingerprint density at radius 1 is 1.41 bits per heavy atom. The third kappa shape index (κ3) is 11.1. The molecule has 100 valence electrons. The fourth-order valence-corrected chi connectivity index (χ4v) is 1.35. The summed E-state index contributed by atoms with van der Waals surface area (Å²) in [6.07, 6.45) is -0.245. The van der Waals surface area contributed by atoms with Gasteiger partial charge in [0, 0.05) is 18.3 Å². The highest BCUT2D eigenvalue weighted by molar-refractivity contribution is 8.00. The minimum atomic E-state index is -4.31. The third-order valence-electron chi connectivity index (χ3n) is 1.51. The Bertz CT molecular complexity index is 273. The van der Waals surface area contributed by atoms with E-state index in [1.54, 1.807) is 0 Å². The molecule has 0 fully saturated rings. The Kier molecular flexibility index (Phi) is 6.78. The van der Waals surface area contributed by atoms with Crippen molar-refractivity contribution in [3.8, 4) is 0 Å². The first-order chi connectivity index (χ1) is 7.70. The van der Waals surface area contributed by atoms with Gasteiger partial charge in [-0.2, -0.15) is 13.2 Å². The number of amides is 2. The lowest BCUT2D eigenvalue weighted by molar-refractivity contribution is -0.137. The van der Waals surface area contributed by atoms with Crippen molar-refractivity contribution in [3.63, 3.8) is 0 Å². The third-order valence-corrected chi connectivity index (χ3v) is 2.25. The lowest BCUT2D eigenvalue weighted by Gasteiger charge is -2.12. The zero-order chi connectivity index (χ0) is 13.5. The molecule has 0 heterocycles. The Balaban J connectivity index is 3.63. The molecule has 5 nitrogen and oxygen atoms in total. The molecule has 3 N–H and O–H groups in total. The first-order valence-corrected chi connectivity index (χ1v) is 5.66. The summed E-state index contributed by atoms with van der Waals surface area (Å²) in [6, 6.07) is -1.26. The largest absolute Gasteiger partial charge is 0.481 e. The van der Waals surface area contributed by atoms with Gasteiger partial charge in [-0.05, 0) is 18.7 Å². The smallest absolute Gasteiger partial charge is 0.441 e. The molecule has 0 aromatic heterocycles. The summed E-state index contributed by atoms with van der Waals surface area (Å²) in [5, 5.41) is 12.9. The van der Waals surface area contributed by atoms with Crippen LogP contribution in [0, 0.1) is 0 Å². The lowest BCUT2D eigenvalue weighted by atomic mass is 10.2. The number of rotatable bonds is 6. The maximum absolute atomic E-state index is 11.7. The molecule has 2 amide bonds. The van der Waals surface area contributed by atoms with Crippen molar-refractivity contribution >= 4 is 23.8 Å². The van der Waals surface area contributed by atoms with Crippen LogP contribution in [0.15, 0.2) is 0 Å². The molecule has 0 rings (SSSR count). The number of urea groups is 1. The van der Waals surface area contributed by atoms with E-state index in [-0.39, 0.29) is 30.5 Å². The summed E-state index contributed by atoms with van der Waals surface area (Å²) < 4.78 is 35.1. The molecule has 0 bridgehead atoms. The van der Waals surface area contributed by atoms with Crippen LogP contribution < -0.4 is 10.6 Å². The predicted octanol–water partition coefficient (Wildman–Crippen LogP) is 1.40. The number of halogens is 3. The molecule has 0 spiro atoms. The van der Waals surface area contributed by atoms with Crippen molar-refractivity contribution in [2.75, 3.05) is 12.3 Å². The van der Waals surface area contributed by atoms with E-state index in [0.29, 0.717) is 0 Å². The van der Waals surface area contributed by atoms with Gasteiger partial charge in [-0.25, -0.2) is 4.79 Å². The van der Waals surface area contributed by atoms with E-state index in [4.69, 9.17) is 5.11 Å². The summed E-state index contributed by atoms with van der Waals surface area (Å²) in [6.45, 7) is 1.34. The SMILES string of the molecule is CC(CC(=O)O)NC(=O)NCCSC(F)(F)F. The van der Waals surface area contributed by atoms with E-state index in [0.717, 1.165) is 0 Å². The maximum atomic E-state index is 11.7. The van der Waals surface area contributed by atoms with Crippen molar-refractivity contribution in [1.29, 1.82) is 0 Å². The summed E-state index contributed by atoms with van der Waals surface area (Å²) in [7, 11) is 0. The van der Waals surface area contributed by atoms with Gasteiger partial charge in [0.15, 0.2) is 0 Å². The van der Waals surface area contributed by atoms with Crippen LogP contribution in [-0.2, 0) is 4.79 Å². The highest BCUT2D eigenvalue weighted by Crippen LogP contribution is 2.29. The molecule has 1 atom stereocenters. The van der Waals surface area contributed by atoms with Crippen LogP contribution in [0.25, 0.3) is 0 Å². The molecule has 9 heteroatoms. The van der Waals surface area contributed by atoms with Gasteiger partial charge in [-0.15, -0.1) is 0 Å². The number of carbonyl (C=O) groups excluding carboxylic acids is 1. The normalized spacial score (nSPS) is 12.9. The first kappa shape index (κ1) is 15.9. The Labute approximate surface area is 100 Å². The van der Waals surface area contributed by atoms with E-state index in [2.05, 4.69) is 10.6 Å². The minimum absolute atomic E-state index is 0.143. The maximum Gasteiger partial charge on any atom is 0.441 e. The van der Waals surface area contributed by atoms with E-state index in [9.17, 15) is 22.8 Å². The fourth-order valence-electron chi connectivity index (χ4n) is 0.919. The Hall–Kier alpha value is -1.12. The van der Waals surface area contributed by atoms with Gasteiger partial charge in [-0.3, -0.25) is 4.79 Å². The van der Waals surface area contributed by atoms with Crippen molar-refractivity contribution in [2.24, 2.45) is 0 Å². The van der Waals surface area contributed by atoms with E-state index in [1.165, 1.54) is 6.92 Å². The number of hydrogen-bond acceptors (Lipinski definition) is 3. The van der Waals surface area contributed by atoms with Gasteiger partial charge in [0.2, 0.25) is 0 Å². The number of nitrogens with one attached hydrogen (secondary N) is 2. The van der Waals surface area contributed by atoms with Crippen LogP contribution in [0.2, 0.25) is 0 Å². The molecule has 0 aliphatic heterocycles. The van der Waals surface area contributed by atoms with Crippen LogP contribution in [0.5, 0.6) is 0 Å². The van der Waals surface area contributed by atoms with Gasteiger partial charge >= 0.3 is 17.5 Å². The van der Waals surface area contributed by atoms with Crippen LogP contribution in [-0.4, -0.2) is 41.0 Å². The zero-order valence-corrected chi connectivity index (χ0v) is 9.82. The number of thioether (sulfide) groups is 1. The number of aliphatic carboxylic acids is 1. The second kappa shape index (κ2) is 7.25. The molecular formula is C8H13F3N2O3S. The van der Waals surface area contributed by atoms with Crippen LogP contribution in [0.3, 0.4) is 0 Å². The number of carboxylic acids is 1. The minimum Gasteiger partial charge on any atom is -0.481 e. The highest BCUT2D eigenvalue weighted by atomic mass is 32.2. The van der Waals surface area contributed by atoms with Crippen LogP contribution in [0.1, 0.15) is 13.3 Å². The molecule has 0 aromatic carbocycles. The van der Waals surface area contributed by atoms with E-state index >= 15 is 0 Å². The summed E-state index contributed by atoms with van der Waals surface area (Å²) >= 11 is -0.232. The molecule has 0 aliphatic rings. The fraction of sp³-hybridized carbons (Fsp3) is 0.750. The summed E-state index contributed by atoms with van der Waals surface area (Å²) in [5.74, 6) is -1.35. The molecular weight excluding hydrogens is 261 g/mol. The second-order valence-corrected chi connectivity index (χ2v) is 4.35. The van der Waals surface area contributed by atoms with Gasteiger partial charge in [-0.1, -0.05) is 0 Å². The average molecular weight is 274 g/mol. The molecule has 0 saturated heterocycles. The van der Waals surface area contributed by atoms with Gasteiger partial charge in [0.05, 0.1) is 6.42 Å². The number of hydrogen-bond donors (Lipinski definition) is 3. The van der Waals surface area contributed by atoms with Crippen molar-refractivity contribution in [3.05, 3.63) is 0 Å². The molecule has 0 radical (unpaired) electrons. The summed E-state index contributed by atoms with van der Waals surface area (Å²) in [5.41, 5.74) is -4.31. The van der Waals surface area contributed by atoms with Crippen LogP contribution >= 0.6 is 11.8 Å². The summed E-state index contributed by atoms with van der Waals surface area (Å²) in [4.78, 5) is 21.3. The molecule has 0 saturated carbocycles. The van der Waals surface area contributed by atoms with Gasteiger partial charge in [0.1, 0.15) is 0 Å². The Morgan fingerprint density at radius 3 is 2.47 bits per heavy atom. The van der Waals surface area contributed by atoms with Gasteiger partial charge in [0.25, 0.3) is 0 Å². The Morgan fingerprint density at radius 2 is 2.00 bits per heavy atom. The predicted molar refractivity (Wildman–Crippen MR) is 56.8 cm³/mol. The topological polar surface area (TPSA) is 78.4 Å². The quantitative estimate of drug-likeness (QED) is 0.640. The number of carboxylic acid groups (broad SMARTS) is 1. The highest BCUT2D eigenvalue weighted by Gasteiger charge is 2.27. The monoisotopic (exact) mass is 274 g/mol. The van der Waals surface area contributed by atoms with Crippen molar-refractivity contribution in [1.82, 2.24) is 10.6 Å². The zero-order valence-electron chi connectivity index (χ0n) is 9.00. The molecule has 0 aliphatic carbocycles. The molecule has 1 unspecified atom stereocenters. The second-order valence-electron chi connectivity index (χ2n) is 3.19. The first-order valence-electron chi connectivity index (χ1n) is 4.67. The average Bonchev–Trinajstić information content (AvgIpc) is 2.09. The number of carbonyl (C=O) groups is 2.